The highest BCUT2D eigenvalue weighted by atomic mass is 35.5. The van der Waals surface area contributed by atoms with E-state index in [1.54, 1.807) is 37.3 Å². The van der Waals surface area contributed by atoms with E-state index >= 15 is 0 Å². The number of aliphatic hydroxyl groups is 1. The van der Waals surface area contributed by atoms with Crippen LogP contribution in [0.5, 0.6) is 0 Å². The van der Waals surface area contributed by atoms with Gasteiger partial charge in [-0.2, -0.15) is 0 Å². The molecule has 2 heterocycles. The molecule has 1 atom stereocenters. The quantitative estimate of drug-likeness (QED) is 0.740. The highest BCUT2D eigenvalue weighted by molar-refractivity contribution is 6.31. The first-order valence-corrected chi connectivity index (χ1v) is 8.42. The smallest absolute Gasteiger partial charge is 0.269 e. The Labute approximate surface area is 154 Å². The molecule has 1 aliphatic heterocycles. The minimum absolute atomic E-state index is 0.0762. The van der Waals surface area contributed by atoms with Gasteiger partial charge in [0.05, 0.1) is 23.5 Å². The van der Waals surface area contributed by atoms with Gasteiger partial charge in [-0.05, 0) is 24.6 Å². The summed E-state index contributed by atoms with van der Waals surface area (Å²) in [6.07, 6.45) is 0. The second-order valence-electron chi connectivity index (χ2n) is 6.22. The maximum absolute atomic E-state index is 13.3. The molecule has 3 N–H and O–H groups in total. The topological polar surface area (TPSA) is 92.6 Å². The lowest BCUT2D eigenvalue weighted by molar-refractivity contribution is -0.132. The lowest BCUT2D eigenvalue weighted by Gasteiger charge is -2.23. The minimum Gasteiger partial charge on any atom is -0.371 e. The lowest BCUT2D eigenvalue weighted by atomic mass is 9.87. The summed E-state index contributed by atoms with van der Waals surface area (Å²) in [4.78, 5) is 14.8. The first-order chi connectivity index (χ1) is 12.4. The van der Waals surface area contributed by atoms with Gasteiger partial charge in [0.15, 0.2) is 0 Å². The molecule has 0 bridgehead atoms. The van der Waals surface area contributed by atoms with Crippen molar-refractivity contribution in [2.75, 3.05) is 10.6 Å². The molecule has 0 saturated heterocycles. The van der Waals surface area contributed by atoms with Crippen molar-refractivity contribution in [2.24, 2.45) is 0 Å². The standard InChI is InChI=1S/C19H16ClN3O3/c1-11-16(17(21)26-22-11)19(25)13-7-3-5-9-15(13)23(18(19)24)10-12-6-2-4-8-14(12)20/h2-9,25H,10,21H2,1H3. The van der Waals surface area contributed by atoms with Crippen LogP contribution < -0.4 is 10.6 Å². The van der Waals surface area contributed by atoms with Crippen molar-refractivity contribution >= 4 is 29.1 Å². The maximum Gasteiger partial charge on any atom is 0.269 e. The predicted octanol–water partition coefficient (Wildman–Crippen LogP) is 3.00. The zero-order chi connectivity index (χ0) is 18.5. The Kier molecular flexibility index (Phi) is 3.75. The van der Waals surface area contributed by atoms with Gasteiger partial charge in [0, 0.05) is 10.6 Å². The van der Waals surface area contributed by atoms with E-state index in [0.29, 0.717) is 22.0 Å². The van der Waals surface area contributed by atoms with Crippen molar-refractivity contribution in [3.63, 3.8) is 0 Å². The van der Waals surface area contributed by atoms with Gasteiger partial charge in [-0.1, -0.05) is 53.2 Å². The van der Waals surface area contributed by atoms with Crippen LogP contribution in [0.25, 0.3) is 0 Å². The average Bonchev–Trinajstić information content (AvgIpc) is 3.08. The number of carbonyl (C=O) groups excluding carboxylic acids is 1. The fourth-order valence-corrected chi connectivity index (χ4v) is 3.65. The maximum atomic E-state index is 13.3. The number of benzene rings is 2. The van der Waals surface area contributed by atoms with Crippen molar-refractivity contribution in [2.45, 2.75) is 19.1 Å². The summed E-state index contributed by atoms with van der Waals surface area (Å²) in [6.45, 7) is 1.86. The molecule has 1 amide bonds. The molecule has 26 heavy (non-hydrogen) atoms. The molecule has 1 aromatic heterocycles. The van der Waals surface area contributed by atoms with Crippen LogP contribution in [-0.4, -0.2) is 16.2 Å². The number of hydrogen-bond donors (Lipinski definition) is 2. The molecule has 132 valence electrons. The summed E-state index contributed by atoms with van der Waals surface area (Å²) >= 11 is 6.25. The van der Waals surface area contributed by atoms with Gasteiger partial charge in [0.25, 0.3) is 5.91 Å². The normalized spacial score (nSPS) is 19.0. The van der Waals surface area contributed by atoms with E-state index in [0.717, 1.165) is 5.56 Å². The molecule has 0 aliphatic carbocycles. The molecule has 7 heteroatoms. The first kappa shape index (κ1) is 16.6. The van der Waals surface area contributed by atoms with Gasteiger partial charge < -0.3 is 20.3 Å². The molecule has 4 rings (SSSR count). The van der Waals surface area contributed by atoms with E-state index in [9.17, 15) is 9.90 Å². The van der Waals surface area contributed by atoms with Gasteiger partial charge in [-0.15, -0.1) is 0 Å². The number of para-hydroxylation sites is 1. The van der Waals surface area contributed by atoms with E-state index in [4.69, 9.17) is 21.9 Å². The van der Waals surface area contributed by atoms with E-state index in [1.165, 1.54) is 4.90 Å². The molecule has 3 aromatic rings. The number of aromatic nitrogens is 1. The van der Waals surface area contributed by atoms with Crippen LogP contribution >= 0.6 is 11.6 Å². The third-order valence-corrected chi connectivity index (χ3v) is 5.05. The number of nitrogens with two attached hydrogens (primary N) is 1. The van der Waals surface area contributed by atoms with Gasteiger partial charge in [0.1, 0.15) is 0 Å². The van der Waals surface area contributed by atoms with Crippen LogP contribution in [0.3, 0.4) is 0 Å². The van der Waals surface area contributed by atoms with Crippen LogP contribution in [0.1, 0.15) is 22.4 Å². The van der Waals surface area contributed by atoms with Gasteiger partial charge >= 0.3 is 0 Å². The zero-order valence-electron chi connectivity index (χ0n) is 13.9. The third-order valence-electron chi connectivity index (χ3n) is 4.68. The van der Waals surface area contributed by atoms with E-state index in [-0.39, 0.29) is 18.0 Å². The van der Waals surface area contributed by atoms with Crippen molar-refractivity contribution in [1.82, 2.24) is 5.16 Å². The Morgan fingerprint density at radius 1 is 1.23 bits per heavy atom. The van der Waals surface area contributed by atoms with Crippen LogP contribution in [0.4, 0.5) is 11.6 Å². The molecule has 2 aromatic carbocycles. The first-order valence-electron chi connectivity index (χ1n) is 8.04. The minimum atomic E-state index is -1.95. The molecule has 1 aliphatic rings. The van der Waals surface area contributed by atoms with Crippen LogP contribution in [0.2, 0.25) is 5.02 Å². The predicted molar refractivity (Wildman–Crippen MR) is 97.7 cm³/mol. The number of nitrogens with zero attached hydrogens (tertiary/aromatic N) is 2. The third kappa shape index (κ3) is 2.23. The van der Waals surface area contributed by atoms with E-state index in [2.05, 4.69) is 5.16 Å². The Bertz CT molecular complexity index is 997. The number of amides is 1. The second-order valence-corrected chi connectivity index (χ2v) is 6.62. The summed E-state index contributed by atoms with van der Waals surface area (Å²) < 4.78 is 4.98. The lowest BCUT2D eigenvalue weighted by Crippen LogP contribution is -2.41. The highest BCUT2D eigenvalue weighted by Crippen LogP contribution is 2.47. The van der Waals surface area contributed by atoms with Crippen molar-refractivity contribution < 1.29 is 14.4 Å². The fourth-order valence-electron chi connectivity index (χ4n) is 3.46. The number of aryl methyl sites for hydroxylation is 1. The Morgan fingerprint density at radius 2 is 1.92 bits per heavy atom. The van der Waals surface area contributed by atoms with Crippen LogP contribution in [-0.2, 0) is 16.9 Å². The SMILES string of the molecule is Cc1noc(N)c1C1(O)C(=O)N(Cc2ccccc2Cl)c2ccccc21. The number of nitrogen functional groups attached to an aromatic ring is 1. The molecule has 0 saturated carbocycles. The van der Waals surface area contributed by atoms with Crippen molar-refractivity contribution in [3.8, 4) is 0 Å². The summed E-state index contributed by atoms with van der Waals surface area (Å²) in [5, 5.41) is 15.8. The fraction of sp³-hybridized carbons (Fsp3) is 0.158. The number of halogens is 1. The number of rotatable bonds is 3. The molecular weight excluding hydrogens is 354 g/mol. The molecule has 0 fully saturated rings. The van der Waals surface area contributed by atoms with Gasteiger partial charge in [-0.25, -0.2) is 0 Å². The zero-order valence-corrected chi connectivity index (χ0v) is 14.7. The van der Waals surface area contributed by atoms with Crippen LogP contribution in [0.15, 0.2) is 53.1 Å². The van der Waals surface area contributed by atoms with Gasteiger partial charge in [0.2, 0.25) is 11.5 Å². The molecule has 1 unspecified atom stereocenters. The number of hydrogen-bond acceptors (Lipinski definition) is 5. The molecule has 0 radical (unpaired) electrons. The molecule has 0 spiro atoms. The average molecular weight is 370 g/mol. The van der Waals surface area contributed by atoms with Gasteiger partial charge in [-0.3, -0.25) is 4.79 Å². The van der Waals surface area contributed by atoms with E-state index < -0.39 is 11.5 Å². The Balaban J connectivity index is 1.87. The van der Waals surface area contributed by atoms with Crippen molar-refractivity contribution in [1.29, 1.82) is 0 Å². The second kappa shape index (κ2) is 5.86. The summed E-state index contributed by atoms with van der Waals surface area (Å²) in [5.41, 5.74) is 6.27. The number of anilines is 2. The largest absolute Gasteiger partial charge is 0.371 e. The summed E-state index contributed by atoms with van der Waals surface area (Å²) in [6, 6.07) is 14.3. The van der Waals surface area contributed by atoms with E-state index in [1.807, 2.05) is 18.2 Å². The molecule has 6 nitrogen and oxygen atoms in total. The Hall–Kier alpha value is -2.83. The summed E-state index contributed by atoms with van der Waals surface area (Å²) in [5.74, 6) is -0.593. The Morgan fingerprint density at radius 3 is 2.62 bits per heavy atom. The monoisotopic (exact) mass is 369 g/mol. The van der Waals surface area contributed by atoms with Crippen molar-refractivity contribution in [3.05, 3.63) is 75.9 Å². The highest BCUT2D eigenvalue weighted by Gasteiger charge is 2.54. The molecular formula is C19H16ClN3O3. The number of fused-ring (bicyclic) bond motifs is 1. The summed E-state index contributed by atoms with van der Waals surface area (Å²) in [7, 11) is 0. The number of carbonyl (C=O) groups is 1. The van der Waals surface area contributed by atoms with Crippen LogP contribution in [0, 0.1) is 6.92 Å².